The van der Waals surface area contributed by atoms with Crippen LogP contribution in [0.1, 0.15) is 0 Å². The quantitative estimate of drug-likeness (QED) is 0.270. The van der Waals surface area contributed by atoms with Crippen LogP contribution < -0.4 is 5.32 Å². The van der Waals surface area contributed by atoms with Crippen LogP contribution in [0.5, 0.6) is 0 Å². The number of alkyl carbamates (subject to hydrolysis) is 1. The van der Waals surface area contributed by atoms with Crippen molar-refractivity contribution in [2.75, 3.05) is 6.61 Å². The van der Waals surface area contributed by atoms with Gasteiger partial charge in [0.1, 0.15) is 18.3 Å². The maximum atomic E-state index is 11.2. The van der Waals surface area contributed by atoms with Gasteiger partial charge >= 0.3 is 6.09 Å². The average molecular weight is 345 g/mol. The smallest absolute Gasteiger partial charge is 0.408 e. The van der Waals surface area contributed by atoms with Crippen LogP contribution in [0.15, 0.2) is 0 Å². The monoisotopic (exact) mass is 345 g/mol. The predicted molar refractivity (Wildman–Crippen MR) is 59.0 cm³/mol. The van der Waals surface area contributed by atoms with Crippen LogP contribution in [0.25, 0.3) is 0 Å². The average Bonchev–Trinajstić information content (AvgIpc) is 2.27. The molecule has 0 aromatic rings. The summed E-state index contributed by atoms with van der Waals surface area (Å²) in [6, 6.07) is -0.757. The summed E-state index contributed by atoms with van der Waals surface area (Å²) in [6.45, 7) is -0.616. The van der Waals surface area contributed by atoms with E-state index in [1.165, 1.54) is 0 Å². The molecular weight excluding hydrogens is 333 g/mol. The van der Waals surface area contributed by atoms with Gasteiger partial charge < -0.3 is 30.5 Å². The third kappa shape index (κ3) is 1.44. The summed E-state index contributed by atoms with van der Waals surface area (Å²) >= 11 is 1.87. The highest BCUT2D eigenvalue weighted by Crippen LogP contribution is 2.40. The van der Waals surface area contributed by atoms with E-state index in [9.17, 15) is 25.2 Å². The SMILES string of the molecule is O=C1NC2C(O)C(O)C(O)C(CO)(O1)C2I. The van der Waals surface area contributed by atoms with Gasteiger partial charge in [-0.15, -0.1) is 0 Å². The van der Waals surface area contributed by atoms with Gasteiger partial charge in [0.2, 0.25) is 0 Å². The minimum absolute atomic E-state index is 0.541. The molecule has 2 rings (SSSR count). The van der Waals surface area contributed by atoms with Crippen LogP contribution in [-0.4, -0.2) is 67.0 Å². The topological polar surface area (TPSA) is 119 Å². The Morgan fingerprint density at radius 1 is 1.38 bits per heavy atom. The molecule has 2 fully saturated rings. The molecule has 6 atom stereocenters. The molecule has 0 aromatic heterocycles. The van der Waals surface area contributed by atoms with E-state index in [-0.39, 0.29) is 0 Å². The van der Waals surface area contributed by atoms with Gasteiger partial charge in [0.15, 0.2) is 5.60 Å². The summed E-state index contributed by atoms with van der Waals surface area (Å²) in [5.41, 5.74) is -1.56. The number of hydrogen-bond donors (Lipinski definition) is 5. The molecule has 7 nitrogen and oxygen atoms in total. The number of rotatable bonds is 1. The minimum Gasteiger partial charge on any atom is -0.436 e. The zero-order chi connectivity index (χ0) is 12.1. The number of alkyl halides is 1. The molecule has 1 amide bonds. The van der Waals surface area contributed by atoms with E-state index in [1.54, 1.807) is 0 Å². The fourth-order valence-electron chi connectivity index (χ4n) is 2.15. The molecule has 6 unspecified atom stereocenters. The van der Waals surface area contributed by atoms with Gasteiger partial charge in [0, 0.05) is 0 Å². The predicted octanol–water partition coefficient (Wildman–Crippen LogP) is -2.27. The Morgan fingerprint density at radius 3 is 2.56 bits per heavy atom. The fourth-order valence-corrected chi connectivity index (χ4v) is 3.45. The Labute approximate surface area is 105 Å². The summed E-state index contributed by atoms with van der Waals surface area (Å²) in [6.07, 6.45) is -5.10. The van der Waals surface area contributed by atoms with E-state index in [0.29, 0.717) is 0 Å². The fraction of sp³-hybridized carbons (Fsp3) is 0.875. The minimum atomic E-state index is -1.56. The van der Waals surface area contributed by atoms with Crippen LogP contribution in [0.4, 0.5) is 4.79 Å². The van der Waals surface area contributed by atoms with Crippen molar-refractivity contribution in [3.63, 3.8) is 0 Å². The van der Waals surface area contributed by atoms with Crippen molar-refractivity contribution < 1.29 is 30.0 Å². The molecule has 8 heteroatoms. The van der Waals surface area contributed by atoms with Crippen LogP contribution in [0.3, 0.4) is 0 Å². The lowest BCUT2D eigenvalue weighted by atomic mass is 9.75. The van der Waals surface area contributed by atoms with E-state index in [0.717, 1.165) is 0 Å². The third-order valence-electron chi connectivity index (χ3n) is 3.14. The molecule has 2 aliphatic rings. The van der Waals surface area contributed by atoms with Crippen molar-refractivity contribution in [2.24, 2.45) is 0 Å². The Kier molecular flexibility index (Phi) is 3.03. The number of aliphatic hydroxyl groups is 4. The lowest BCUT2D eigenvalue weighted by molar-refractivity contribution is -0.212. The second-order valence-electron chi connectivity index (χ2n) is 4.00. The van der Waals surface area contributed by atoms with E-state index >= 15 is 0 Å². The number of ether oxygens (including phenoxy) is 1. The molecular formula is C8H12INO6. The molecule has 5 N–H and O–H groups in total. The van der Waals surface area contributed by atoms with E-state index in [4.69, 9.17) is 4.74 Å². The Hall–Kier alpha value is -0.160. The number of carbonyl (C=O) groups excluding carboxylic acids is 1. The first-order chi connectivity index (χ1) is 7.44. The molecule has 0 radical (unpaired) electrons. The van der Waals surface area contributed by atoms with Crippen LogP contribution in [0, 0.1) is 0 Å². The summed E-state index contributed by atoms with van der Waals surface area (Å²) in [4.78, 5) is 11.2. The Morgan fingerprint density at radius 2 is 2.00 bits per heavy atom. The molecule has 1 aliphatic heterocycles. The molecule has 92 valence electrons. The van der Waals surface area contributed by atoms with Crippen molar-refractivity contribution in [3.05, 3.63) is 0 Å². The Balaban J connectivity index is 2.42. The van der Waals surface area contributed by atoms with Gasteiger partial charge in [-0.3, -0.25) is 0 Å². The number of nitrogens with one attached hydrogen (secondary N) is 1. The Bertz CT molecular complexity index is 309. The highest BCUT2D eigenvalue weighted by Gasteiger charge is 2.63. The van der Waals surface area contributed by atoms with Crippen LogP contribution in [0.2, 0.25) is 0 Å². The van der Waals surface area contributed by atoms with Crippen molar-refractivity contribution in [2.45, 2.75) is 33.9 Å². The van der Waals surface area contributed by atoms with E-state index in [1.807, 2.05) is 22.6 Å². The van der Waals surface area contributed by atoms with Crippen molar-refractivity contribution >= 4 is 28.7 Å². The molecule has 2 bridgehead atoms. The first-order valence-corrected chi connectivity index (χ1v) is 5.97. The van der Waals surface area contributed by atoms with Gasteiger partial charge in [-0.1, -0.05) is 22.6 Å². The molecule has 1 aliphatic carbocycles. The highest BCUT2D eigenvalue weighted by atomic mass is 127. The number of aliphatic hydroxyl groups excluding tert-OH is 4. The van der Waals surface area contributed by atoms with Crippen molar-refractivity contribution in [1.29, 1.82) is 0 Å². The highest BCUT2D eigenvalue weighted by molar-refractivity contribution is 14.1. The zero-order valence-electron chi connectivity index (χ0n) is 8.08. The van der Waals surface area contributed by atoms with E-state index in [2.05, 4.69) is 5.32 Å². The number of halogens is 1. The second kappa shape index (κ2) is 3.95. The standard InChI is InChI=1S/C8H12INO6/c9-5-2-3(12)4(13)6(14)8(5,1-11)16-7(15)10-2/h2-6,11-14H,1H2,(H,10,15). The molecule has 16 heavy (non-hydrogen) atoms. The number of fused-ring (bicyclic) bond motifs is 2. The van der Waals surface area contributed by atoms with Gasteiger partial charge in [0.25, 0.3) is 0 Å². The second-order valence-corrected chi connectivity index (χ2v) is 5.34. The zero-order valence-corrected chi connectivity index (χ0v) is 10.2. The number of hydrogen-bond acceptors (Lipinski definition) is 6. The lowest BCUT2D eigenvalue weighted by Gasteiger charge is -2.53. The number of carbonyl (C=O) groups is 1. The summed E-state index contributed by atoms with van der Waals surface area (Å²) in [5, 5.41) is 40.8. The van der Waals surface area contributed by atoms with Crippen molar-refractivity contribution in [3.8, 4) is 0 Å². The van der Waals surface area contributed by atoms with Gasteiger partial charge in [-0.2, -0.15) is 0 Å². The molecule has 0 aromatic carbocycles. The van der Waals surface area contributed by atoms with Crippen LogP contribution in [-0.2, 0) is 4.74 Å². The number of amides is 1. The lowest BCUT2D eigenvalue weighted by Crippen LogP contribution is -2.78. The summed E-state index contributed by atoms with van der Waals surface area (Å²) < 4.78 is 4.37. The molecule has 1 saturated heterocycles. The molecule has 1 saturated carbocycles. The largest absolute Gasteiger partial charge is 0.436 e. The summed E-state index contributed by atoms with van der Waals surface area (Å²) in [7, 11) is 0. The van der Waals surface area contributed by atoms with Crippen LogP contribution >= 0.6 is 22.6 Å². The first kappa shape index (κ1) is 12.3. The molecule has 1 heterocycles. The molecule has 0 spiro atoms. The van der Waals surface area contributed by atoms with Crippen molar-refractivity contribution in [1.82, 2.24) is 5.32 Å². The first-order valence-electron chi connectivity index (χ1n) is 4.72. The third-order valence-corrected chi connectivity index (χ3v) is 4.97. The normalized spacial score (nSPS) is 51.8. The van der Waals surface area contributed by atoms with E-state index < -0.39 is 46.6 Å². The maximum absolute atomic E-state index is 11.2. The van der Waals surface area contributed by atoms with Gasteiger partial charge in [-0.25, -0.2) is 4.79 Å². The van der Waals surface area contributed by atoms with Gasteiger partial charge in [-0.05, 0) is 0 Å². The van der Waals surface area contributed by atoms with Gasteiger partial charge in [0.05, 0.1) is 16.6 Å². The summed E-state index contributed by atoms with van der Waals surface area (Å²) in [5.74, 6) is 0. The maximum Gasteiger partial charge on any atom is 0.408 e.